The van der Waals surface area contributed by atoms with E-state index in [2.05, 4.69) is 0 Å². The molecule has 98 valence electrons. The molecule has 0 saturated heterocycles. The lowest BCUT2D eigenvalue weighted by Gasteiger charge is -2.02. The van der Waals surface area contributed by atoms with Gasteiger partial charge in [-0.2, -0.15) is 0 Å². The Balaban J connectivity index is 2.67. The quantitative estimate of drug-likeness (QED) is 0.624. The Bertz CT molecular complexity index is 427. The third-order valence-corrected chi connectivity index (χ3v) is 2.31. The molecule has 1 aromatic carbocycles. The van der Waals surface area contributed by atoms with Crippen molar-refractivity contribution in [3.63, 3.8) is 0 Å². The molecule has 1 aromatic rings. The van der Waals surface area contributed by atoms with Crippen LogP contribution in [-0.4, -0.2) is 24.3 Å². The molecule has 0 aliphatic rings. The maximum absolute atomic E-state index is 13.6. The first-order chi connectivity index (χ1) is 8.67. The van der Waals surface area contributed by atoms with Crippen molar-refractivity contribution in [2.24, 2.45) is 0 Å². The van der Waals surface area contributed by atoms with Crippen LogP contribution in [0.25, 0.3) is 6.08 Å². The summed E-state index contributed by atoms with van der Waals surface area (Å²) in [5, 5.41) is 8.74. The summed E-state index contributed by atoms with van der Waals surface area (Å²) in [7, 11) is 0. The molecule has 0 fully saturated rings. The van der Waals surface area contributed by atoms with Gasteiger partial charge in [-0.15, -0.1) is 0 Å². The zero-order valence-corrected chi connectivity index (χ0v) is 10.4. The van der Waals surface area contributed by atoms with Crippen molar-refractivity contribution in [1.82, 2.24) is 0 Å². The van der Waals surface area contributed by atoms with Crippen LogP contribution in [0.5, 0.6) is 0 Å². The third kappa shape index (κ3) is 4.67. The summed E-state index contributed by atoms with van der Waals surface area (Å²) in [5.74, 6) is -0.892. The second kappa shape index (κ2) is 7.61. The van der Waals surface area contributed by atoms with Crippen molar-refractivity contribution >= 4 is 12.0 Å². The highest BCUT2D eigenvalue weighted by Crippen LogP contribution is 2.12. The SMILES string of the molecule is CCCOC(=O)/C=C/c1ccc(CCO)cc1F. The van der Waals surface area contributed by atoms with Gasteiger partial charge in [0, 0.05) is 18.2 Å². The average Bonchev–Trinajstić information content (AvgIpc) is 2.35. The third-order valence-electron chi connectivity index (χ3n) is 2.31. The van der Waals surface area contributed by atoms with Crippen LogP contribution >= 0.6 is 0 Å². The molecule has 0 atom stereocenters. The predicted octanol–water partition coefficient (Wildman–Crippen LogP) is 2.33. The molecular weight excluding hydrogens is 235 g/mol. The molecule has 0 amide bonds. The van der Waals surface area contributed by atoms with Crippen molar-refractivity contribution in [3.8, 4) is 0 Å². The molecule has 0 spiro atoms. The summed E-state index contributed by atoms with van der Waals surface area (Å²) in [6.07, 6.45) is 3.76. The summed E-state index contributed by atoms with van der Waals surface area (Å²) in [6, 6.07) is 4.65. The van der Waals surface area contributed by atoms with Gasteiger partial charge in [-0.3, -0.25) is 0 Å². The summed E-state index contributed by atoms with van der Waals surface area (Å²) in [5.41, 5.74) is 1.05. The summed E-state index contributed by atoms with van der Waals surface area (Å²) in [6.45, 7) is 2.25. The Morgan fingerprint density at radius 3 is 2.89 bits per heavy atom. The summed E-state index contributed by atoms with van der Waals surface area (Å²) in [4.78, 5) is 11.2. The highest BCUT2D eigenvalue weighted by molar-refractivity contribution is 5.87. The van der Waals surface area contributed by atoms with Gasteiger partial charge in [-0.1, -0.05) is 19.1 Å². The zero-order valence-electron chi connectivity index (χ0n) is 10.4. The number of hydrogen-bond donors (Lipinski definition) is 1. The minimum atomic E-state index is -0.476. The van der Waals surface area contributed by atoms with Crippen molar-refractivity contribution in [2.45, 2.75) is 19.8 Å². The number of carbonyl (C=O) groups is 1. The van der Waals surface area contributed by atoms with Gasteiger partial charge in [-0.25, -0.2) is 9.18 Å². The Hall–Kier alpha value is -1.68. The van der Waals surface area contributed by atoms with E-state index in [1.54, 1.807) is 12.1 Å². The molecule has 0 aliphatic heterocycles. The number of ether oxygens (including phenoxy) is 1. The lowest BCUT2D eigenvalue weighted by molar-refractivity contribution is -0.137. The standard InChI is InChI=1S/C14H17FO3/c1-2-9-18-14(17)6-5-12-4-3-11(7-8-16)10-13(12)15/h3-6,10,16H,2,7-9H2,1H3/b6-5+. The maximum Gasteiger partial charge on any atom is 0.330 e. The van der Waals surface area contributed by atoms with Crippen LogP contribution in [0.1, 0.15) is 24.5 Å². The van der Waals surface area contributed by atoms with E-state index < -0.39 is 11.8 Å². The molecular formula is C14H17FO3. The van der Waals surface area contributed by atoms with Crippen molar-refractivity contribution in [2.75, 3.05) is 13.2 Å². The number of aliphatic hydroxyl groups excluding tert-OH is 1. The first-order valence-electron chi connectivity index (χ1n) is 5.91. The largest absolute Gasteiger partial charge is 0.463 e. The van der Waals surface area contributed by atoms with Crippen LogP contribution in [0.3, 0.4) is 0 Å². The monoisotopic (exact) mass is 252 g/mol. The molecule has 3 nitrogen and oxygen atoms in total. The first-order valence-corrected chi connectivity index (χ1v) is 5.91. The van der Waals surface area contributed by atoms with Gasteiger partial charge < -0.3 is 9.84 Å². The molecule has 0 radical (unpaired) electrons. The number of rotatable bonds is 6. The van der Waals surface area contributed by atoms with E-state index in [4.69, 9.17) is 9.84 Å². The molecule has 1 rings (SSSR count). The van der Waals surface area contributed by atoms with Crippen LogP contribution in [0.15, 0.2) is 24.3 Å². The lowest BCUT2D eigenvalue weighted by atomic mass is 10.1. The van der Waals surface area contributed by atoms with Gasteiger partial charge in [0.05, 0.1) is 6.61 Å². The second-order valence-electron chi connectivity index (χ2n) is 3.83. The Morgan fingerprint density at radius 1 is 1.50 bits per heavy atom. The predicted molar refractivity (Wildman–Crippen MR) is 67.5 cm³/mol. The number of carbonyl (C=O) groups excluding carboxylic acids is 1. The highest BCUT2D eigenvalue weighted by atomic mass is 19.1. The number of aliphatic hydroxyl groups is 1. The van der Waals surface area contributed by atoms with E-state index in [0.29, 0.717) is 18.6 Å². The normalized spacial score (nSPS) is 10.8. The summed E-state index contributed by atoms with van der Waals surface area (Å²) < 4.78 is 18.4. The van der Waals surface area contributed by atoms with Gasteiger partial charge in [0.2, 0.25) is 0 Å². The molecule has 0 saturated carbocycles. The van der Waals surface area contributed by atoms with Gasteiger partial charge in [-0.05, 0) is 30.5 Å². The highest BCUT2D eigenvalue weighted by Gasteiger charge is 2.02. The van der Waals surface area contributed by atoms with Crippen molar-refractivity contribution in [3.05, 3.63) is 41.2 Å². The van der Waals surface area contributed by atoms with E-state index in [9.17, 15) is 9.18 Å². The summed E-state index contributed by atoms with van der Waals surface area (Å²) >= 11 is 0. The van der Waals surface area contributed by atoms with E-state index in [1.165, 1.54) is 18.2 Å². The van der Waals surface area contributed by atoms with Crippen LogP contribution in [-0.2, 0) is 16.0 Å². The topological polar surface area (TPSA) is 46.5 Å². The maximum atomic E-state index is 13.6. The smallest absolute Gasteiger partial charge is 0.330 e. The zero-order chi connectivity index (χ0) is 13.4. The van der Waals surface area contributed by atoms with Crippen LogP contribution < -0.4 is 0 Å². The molecule has 0 bridgehead atoms. The van der Waals surface area contributed by atoms with Crippen molar-refractivity contribution < 1.29 is 19.0 Å². The molecule has 0 unspecified atom stereocenters. The fourth-order valence-electron chi connectivity index (χ4n) is 1.40. The fraction of sp³-hybridized carbons (Fsp3) is 0.357. The van der Waals surface area contributed by atoms with Gasteiger partial charge in [0.25, 0.3) is 0 Å². The second-order valence-corrected chi connectivity index (χ2v) is 3.83. The minimum Gasteiger partial charge on any atom is -0.463 e. The number of benzene rings is 1. The fourth-order valence-corrected chi connectivity index (χ4v) is 1.40. The Morgan fingerprint density at radius 2 is 2.28 bits per heavy atom. The number of hydrogen-bond acceptors (Lipinski definition) is 3. The van der Waals surface area contributed by atoms with Gasteiger partial charge >= 0.3 is 5.97 Å². The van der Waals surface area contributed by atoms with Crippen molar-refractivity contribution in [1.29, 1.82) is 0 Å². The van der Waals surface area contributed by atoms with E-state index in [1.807, 2.05) is 6.92 Å². The Labute approximate surface area is 106 Å². The van der Waals surface area contributed by atoms with E-state index in [0.717, 1.165) is 12.0 Å². The molecule has 0 aliphatic carbocycles. The van der Waals surface area contributed by atoms with Gasteiger partial charge in [0.15, 0.2) is 0 Å². The lowest BCUT2D eigenvalue weighted by Crippen LogP contribution is -2.01. The minimum absolute atomic E-state index is 0.0159. The number of halogens is 1. The van der Waals surface area contributed by atoms with Crippen LogP contribution in [0.4, 0.5) is 4.39 Å². The molecule has 0 aromatic heterocycles. The van der Waals surface area contributed by atoms with Crippen LogP contribution in [0, 0.1) is 5.82 Å². The molecule has 0 heterocycles. The first kappa shape index (κ1) is 14.4. The van der Waals surface area contributed by atoms with E-state index >= 15 is 0 Å². The average molecular weight is 252 g/mol. The molecule has 18 heavy (non-hydrogen) atoms. The van der Waals surface area contributed by atoms with Crippen LogP contribution in [0.2, 0.25) is 0 Å². The van der Waals surface area contributed by atoms with E-state index in [-0.39, 0.29) is 6.61 Å². The molecule has 1 N–H and O–H groups in total. The number of esters is 1. The van der Waals surface area contributed by atoms with Gasteiger partial charge in [0.1, 0.15) is 5.82 Å². The Kier molecular flexibility index (Phi) is 6.08. The molecule has 4 heteroatoms.